The van der Waals surface area contributed by atoms with E-state index in [0.29, 0.717) is 0 Å². The first-order valence-electron chi connectivity index (χ1n) is 8.87. The van der Waals surface area contributed by atoms with Crippen LogP contribution < -0.4 is 9.80 Å². The van der Waals surface area contributed by atoms with Crippen LogP contribution in [0.25, 0.3) is 0 Å². The third-order valence-electron chi connectivity index (χ3n) is 5.37. The molecule has 1 unspecified atom stereocenters. The van der Waals surface area contributed by atoms with Gasteiger partial charge in [0, 0.05) is 38.6 Å². The Morgan fingerprint density at radius 2 is 1.58 bits per heavy atom. The predicted molar refractivity (Wildman–Crippen MR) is 94.1 cm³/mol. The molecule has 0 N–H and O–H groups in total. The Labute approximate surface area is 142 Å². The largest absolute Gasteiger partial charge is 0.355 e. The van der Waals surface area contributed by atoms with Gasteiger partial charge in [0.05, 0.1) is 5.69 Å². The molecule has 2 fully saturated rings. The van der Waals surface area contributed by atoms with Gasteiger partial charge in [-0.2, -0.15) is 5.10 Å². The minimum atomic E-state index is 0.770. The van der Waals surface area contributed by atoms with E-state index in [1.54, 1.807) is 0 Å². The Kier molecular flexibility index (Phi) is 4.28. The number of rotatable bonds is 3. The van der Waals surface area contributed by atoms with Crippen LogP contribution >= 0.6 is 0 Å². The zero-order valence-corrected chi connectivity index (χ0v) is 14.2. The third kappa shape index (κ3) is 3.18. The zero-order valence-electron chi connectivity index (χ0n) is 14.2. The number of hydrogen-bond acceptors (Lipinski definition) is 6. The minimum Gasteiger partial charge on any atom is -0.355 e. The average Bonchev–Trinajstić information content (AvgIpc) is 3.13. The van der Waals surface area contributed by atoms with Crippen LogP contribution in [-0.4, -0.2) is 46.3 Å². The van der Waals surface area contributed by atoms with Crippen molar-refractivity contribution in [3.8, 4) is 0 Å². The number of piperidine rings is 1. The number of aromatic nitrogens is 4. The Morgan fingerprint density at radius 1 is 0.875 bits per heavy atom. The maximum absolute atomic E-state index is 4.38. The molecule has 2 saturated heterocycles. The Balaban J connectivity index is 1.33. The van der Waals surface area contributed by atoms with Crippen LogP contribution in [0.4, 0.5) is 11.8 Å². The van der Waals surface area contributed by atoms with E-state index in [-0.39, 0.29) is 0 Å². The van der Waals surface area contributed by atoms with Gasteiger partial charge in [-0.15, -0.1) is 5.10 Å². The molecular formula is C18H24N6. The molecule has 0 bridgehead atoms. The van der Waals surface area contributed by atoms with E-state index >= 15 is 0 Å². The van der Waals surface area contributed by atoms with Crippen molar-refractivity contribution in [1.82, 2.24) is 20.2 Å². The number of nitrogens with zero attached hydrogens (tertiary/aromatic N) is 6. The highest BCUT2D eigenvalue weighted by atomic mass is 15.3. The summed E-state index contributed by atoms with van der Waals surface area (Å²) in [6.45, 7) is 6.33. The molecule has 0 saturated carbocycles. The van der Waals surface area contributed by atoms with Crippen LogP contribution in [0.1, 0.15) is 25.0 Å². The van der Waals surface area contributed by atoms with Crippen LogP contribution in [-0.2, 0) is 0 Å². The van der Waals surface area contributed by atoms with Crippen molar-refractivity contribution in [3.05, 3.63) is 36.3 Å². The molecule has 6 heteroatoms. The second-order valence-corrected chi connectivity index (χ2v) is 6.90. The SMILES string of the molecule is Cc1ccc(N2CCC(C3CCN(c4ncccn4)CC3)C2)nn1. The normalized spacial score (nSPS) is 22.1. The number of hydrogen-bond donors (Lipinski definition) is 0. The summed E-state index contributed by atoms with van der Waals surface area (Å²) >= 11 is 0. The second-order valence-electron chi connectivity index (χ2n) is 6.90. The molecule has 6 nitrogen and oxygen atoms in total. The van der Waals surface area contributed by atoms with E-state index in [1.165, 1.54) is 19.3 Å². The summed E-state index contributed by atoms with van der Waals surface area (Å²) in [6.07, 6.45) is 7.38. The van der Waals surface area contributed by atoms with Gasteiger partial charge in [-0.05, 0) is 56.2 Å². The lowest BCUT2D eigenvalue weighted by atomic mass is 9.84. The third-order valence-corrected chi connectivity index (χ3v) is 5.37. The second kappa shape index (κ2) is 6.71. The van der Waals surface area contributed by atoms with E-state index in [0.717, 1.165) is 55.5 Å². The molecule has 24 heavy (non-hydrogen) atoms. The van der Waals surface area contributed by atoms with Gasteiger partial charge in [0.25, 0.3) is 0 Å². The fourth-order valence-corrected chi connectivity index (χ4v) is 3.97. The summed E-state index contributed by atoms with van der Waals surface area (Å²) < 4.78 is 0. The zero-order chi connectivity index (χ0) is 16.4. The van der Waals surface area contributed by atoms with E-state index in [1.807, 2.05) is 31.5 Å². The topological polar surface area (TPSA) is 58.0 Å². The van der Waals surface area contributed by atoms with Crippen molar-refractivity contribution >= 4 is 11.8 Å². The van der Waals surface area contributed by atoms with Crippen molar-refractivity contribution in [2.45, 2.75) is 26.2 Å². The molecule has 0 spiro atoms. The Bertz CT molecular complexity index is 651. The van der Waals surface area contributed by atoms with Gasteiger partial charge >= 0.3 is 0 Å². The van der Waals surface area contributed by atoms with Crippen molar-refractivity contribution in [3.63, 3.8) is 0 Å². The predicted octanol–water partition coefficient (Wildman–Crippen LogP) is 2.32. The van der Waals surface area contributed by atoms with Crippen LogP contribution in [0.2, 0.25) is 0 Å². The lowest BCUT2D eigenvalue weighted by Crippen LogP contribution is -2.37. The fourth-order valence-electron chi connectivity index (χ4n) is 3.97. The molecule has 2 aromatic rings. The van der Waals surface area contributed by atoms with Crippen LogP contribution in [0, 0.1) is 18.8 Å². The monoisotopic (exact) mass is 324 g/mol. The van der Waals surface area contributed by atoms with Crippen LogP contribution in [0.5, 0.6) is 0 Å². The van der Waals surface area contributed by atoms with Gasteiger partial charge in [-0.1, -0.05) is 0 Å². The quantitative estimate of drug-likeness (QED) is 0.863. The van der Waals surface area contributed by atoms with E-state index in [2.05, 4.69) is 36.0 Å². The highest BCUT2D eigenvalue weighted by molar-refractivity contribution is 5.38. The molecule has 4 rings (SSSR count). The summed E-state index contributed by atoms with van der Waals surface area (Å²) in [4.78, 5) is 13.5. The molecule has 0 aromatic carbocycles. The van der Waals surface area contributed by atoms with Gasteiger partial charge in [0.1, 0.15) is 0 Å². The Morgan fingerprint density at radius 3 is 2.29 bits per heavy atom. The highest BCUT2D eigenvalue weighted by Crippen LogP contribution is 2.33. The number of aryl methyl sites for hydroxylation is 1. The summed E-state index contributed by atoms with van der Waals surface area (Å²) in [5.41, 5.74) is 0.977. The molecule has 126 valence electrons. The highest BCUT2D eigenvalue weighted by Gasteiger charge is 2.32. The van der Waals surface area contributed by atoms with E-state index in [4.69, 9.17) is 0 Å². The molecular weight excluding hydrogens is 300 g/mol. The van der Waals surface area contributed by atoms with Crippen molar-refractivity contribution in [2.75, 3.05) is 36.0 Å². The smallest absolute Gasteiger partial charge is 0.225 e. The van der Waals surface area contributed by atoms with Crippen LogP contribution in [0.3, 0.4) is 0 Å². The van der Waals surface area contributed by atoms with Gasteiger partial charge < -0.3 is 9.80 Å². The van der Waals surface area contributed by atoms with Crippen molar-refractivity contribution < 1.29 is 0 Å². The molecule has 4 heterocycles. The van der Waals surface area contributed by atoms with Gasteiger partial charge in [0.15, 0.2) is 5.82 Å². The fraction of sp³-hybridized carbons (Fsp3) is 0.556. The molecule has 0 amide bonds. The summed E-state index contributed by atoms with van der Waals surface area (Å²) in [7, 11) is 0. The molecule has 0 radical (unpaired) electrons. The lowest BCUT2D eigenvalue weighted by Gasteiger charge is -2.34. The van der Waals surface area contributed by atoms with E-state index < -0.39 is 0 Å². The summed E-state index contributed by atoms with van der Waals surface area (Å²) in [5.74, 6) is 3.47. The van der Waals surface area contributed by atoms with Gasteiger partial charge in [0.2, 0.25) is 5.95 Å². The van der Waals surface area contributed by atoms with Crippen molar-refractivity contribution in [2.24, 2.45) is 11.8 Å². The maximum atomic E-state index is 4.38. The summed E-state index contributed by atoms with van der Waals surface area (Å²) in [5, 5.41) is 8.54. The van der Waals surface area contributed by atoms with Gasteiger partial charge in [-0.3, -0.25) is 0 Å². The van der Waals surface area contributed by atoms with E-state index in [9.17, 15) is 0 Å². The first-order chi connectivity index (χ1) is 11.8. The van der Waals surface area contributed by atoms with Crippen molar-refractivity contribution in [1.29, 1.82) is 0 Å². The standard InChI is InChI=1S/C18H24N6/c1-14-3-4-17(22-21-14)24-12-7-16(13-24)15-5-10-23(11-6-15)18-19-8-2-9-20-18/h2-4,8-9,15-16H,5-7,10-13H2,1H3. The molecule has 1 atom stereocenters. The lowest BCUT2D eigenvalue weighted by molar-refractivity contribution is 0.292. The summed E-state index contributed by atoms with van der Waals surface area (Å²) in [6, 6.07) is 6.02. The first kappa shape index (κ1) is 15.3. The minimum absolute atomic E-state index is 0.770. The molecule has 0 aliphatic carbocycles. The molecule has 2 aliphatic heterocycles. The molecule has 2 aliphatic rings. The average molecular weight is 324 g/mol. The van der Waals surface area contributed by atoms with Gasteiger partial charge in [-0.25, -0.2) is 9.97 Å². The Hall–Kier alpha value is -2.24. The first-order valence-corrected chi connectivity index (χ1v) is 8.87. The van der Waals surface area contributed by atoms with Crippen LogP contribution in [0.15, 0.2) is 30.6 Å². The number of anilines is 2. The maximum Gasteiger partial charge on any atom is 0.225 e. The molecule has 2 aromatic heterocycles.